The van der Waals surface area contributed by atoms with E-state index in [1.54, 1.807) is 0 Å². The molecule has 0 aliphatic heterocycles. The van der Waals surface area contributed by atoms with Gasteiger partial charge in [-0.25, -0.2) is 4.79 Å². The maximum atomic E-state index is 12.2. The van der Waals surface area contributed by atoms with Gasteiger partial charge < -0.3 is 4.74 Å². The fourth-order valence-corrected chi connectivity index (χ4v) is 2.53. The van der Waals surface area contributed by atoms with Gasteiger partial charge in [0.15, 0.2) is 0 Å². The second-order valence-corrected chi connectivity index (χ2v) is 5.83. The van der Waals surface area contributed by atoms with E-state index in [1.807, 2.05) is 25.1 Å². The smallest absolute Gasteiger partial charge is 0.338 e. The molecule has 1 aliphatic carbocycles. The first-order valence-electron chi connectivity index (χ1n) is 6.83. The van der Waals surface area contributed by atoms with E-state index < -0.39 is 0 Å². The number of benzene rings is 1. The molecule has 1 fully saturated rings. The van der Waals surface area contributed by atoms with Crippen LogP contribution in [0.25, 0.3) is 0 Å². The molecule has 0 heterocycles. The van der Waals surface area contributed by atoms with Gasteiger partial charge in [-0.15, -0.1) is 0 Å². The van der Waals surface area contributed by atoms with Crippen LogP contribution in [0.5, 0.6) is 0 Å². The van der Waals surface area contributed by atoms with E-state index in [2.05, 4.69) is 19.9 Å². The molecule has 0 unspecified atom stereocenters. The molecule has 2 heteroatoms. The second kappa shape index (κ2) is 5.13. The molecule has 2 rings (SSSR count). The maximum absolute atomic E-state index is 12.2. The first-order valence-corrected chi connectivity index (χ1v) is 6.83. The molecule has 0 bridgehead atoms. The Morgan fingerprint density at radius 2 is 1.94 bits per heavy atom. The Morgan fingerprint density at radius 3 is 2.56 bits per heavy atom. The van der Waals surface area contributed by atoms with Crippen molar-refractivity contribution in [2.75, 3.05) is 0 Å². The highest BCUT2D eigenvalue weighted by molar-refractivity contribution is 5.89. The molecule has 18 heavy (non-hydrogen) atoms. The minimum Gasteiger partial charge on any atom is -0.456 e. The molecule has 2 nitrogen and oxygen atoms in total. The molecule has 0 N–H and O–H groups in total. The predicted molar refractivity (Wildman–Crippen MR) is 72.8 cm³/mol. The van der Waals surface area contributed by atoms with Gasteiger partial charge in [0.05, 0.1) is 5.56 Å². The highest BCUT2D eigenvalue weighted by Crippen LogP contribution is 2.33. The molecular weight excluding hydrogens is 224 g/mol. The minimum atomic E-state index is -0.245. The molecule has 1 saturated carbocycles. The van der Waals surface area contributed by atoms with E-state index in [4.69, 9.17) is 4.74 Å². The Balaban J connectivity index is 2.11. The molecule has 0 radical (unpaired) electrons. The molecule has 0 spiro atoms. The minimum absolute atomic E-state index is 0.179. The monoisotopic (exact) mass is 246 g/mol. The van der Waals surface area contributed by atoms with E-state index in [-0.39, 0.29) is 11.6 Å². The lowest BCUT2D eigenvalue weighted by Gasteiger charge is -2.24. The van der Waals surface area contributed by atoms with Crippen LogP contribution in [-0.2, 0) is 4.74 Å². The molecule has 0 saturated heterocycles. The van der Waals surface area contributed by atoms with Crippen LogP contribution in [0.1, 0.15) is 68.3 Å². The SMILES string of the molecule is CC(C)c1cccc(C(=O)OC2(C)CCCC2)c1. The standard InChI is InChI=1S/C16H22O2/c1-12(2)13-7-6-8-14(11-13)15(17)18-16(3)9-4-5-10-16/h6-8,11-12H,4-5,9-10H2,1-3H3. The summed E-state index contributed by atoms with van der Waals surface area (Å²) in [5.74, 6) is 0.252. The summed E-state index contributed by atoms with van der Waals surface area (Å²) >= 11 is 0. The van der Waals surface area contributed by atoms with Crippen molar-refractivity contribution in [3.63, 3.8) is 0 Å². The third-order valence-corrected chi connectivity index (χ3v) is 3.79. The first kappa shape index (κ1) is 13.1. The fraction of sp³-hybridized carbons (Fsp3) is 0.562. The zero-order valence-electron chi connectivity index (χ0n) is 11.5. The number of esters is 1. The fourth-order valence-electron chi connectivity index (χ4n) is 2.53. The molecule has 0 aromatic heterocycles. The number of hydrogen-bond donors (Lipinski definition) is 0. The van der Waals surface area contributed by atoms with Crippen molar-refractivity contribution in [3.8, 4) is 0 Å². The number of carbonyl (C=O) groups excluding carboxylic acids is 1. The Morgan fingerprint density at radius 1 is 1.28 bits per heavy atom. The third kappa shape index (κ3) is 2.92. The zero-order chi connectivity index (χ0) is 13.2. The van der Waals surface area contributed by atoms with Gasteiger partial charge in [-0.05, 0) is 56.2 Å². The molecule has 1 aromatic rings. The van der Waals surface area contributed by atoms with Crippen molar-refractivity contribution < 1.29 is 9.53 Å². The molecule has 98 valence electrons. The lowest BCUT2D eigenvalue weighted by molar-refractivity contribution is -0.00609. The summed E-state index contributed by atoms with van der Waals surface area (Å²) in [5.41, 5.74) is 1.61. The van der Waals surface area contributed by atoms with E-state index in [0.717, 1.165) is 25.7 Å². The van der Waals surface area contributed by atoms with E-state index in [0.29, 0.717) is 11.5 Å². The lowest BCUT2D eigenvalue weighted by Crippen LogP contribution is -2.28. The summed E-state index contributed by atoms with van der Waals surface area (Å²) in [6, 6.07) is 7.78. The third-order valence-electron chi connectivity index (χ3n) is 3.79. The average molecular weight is 246 g/mol. The summed E-state index contributed by atoms with van der Waals surface area (Å²) in [5, 5.41) is 0. The number of rotatable bonds is 3. The van der Waals surface area contributed by atoms with Gasteiger partial charge in [0.25, 0.3) is 0 Å². The number of carbonyl (C=O) groups is 1. The van der Waals surface area contributed by atoms with Crippen LogP contribution in [0.4, 0.5) is 0 Å². The van der Waals surface area contributed by atoms with Crippen molar-refractivity contribution in [2.45, 2.75) is 58.0 Å². The number of hydrogen-bond acceptors (Lipinski definition) is 2. The highest BCUT2D eigenvalue weighted by atomic mass is 16.6. The normalized spacial score (nSPS) is 18.0. The summed E-state index contributed by atoms with van der Waals surface area (Å²) in [6.07, 6.45) is 4.30. The molecule has 1 aromatic carbocycles. The van der Waals surface area contributed by atoms with Crippen LogP contribution < -0.4 is 0 Å². The second-order valence-electron chi connectivity index (χ2n) is 5.83. The Labute approximate surface area is 109 Å². The van der Waals surface area contributed by atoms with E-state index in [1.165, 1.54) is 5.56 Å². The lowest BCUT2D eigenvalue weighted by atomic mass is 10.0. The van der Waals surface area contributed by atoms with Crippen LogP contribution in [0.3, 0.4) is 0 Å². The van der Waals surface area contributed by atoms with Gasteiger partial charge in [0, 0.05) is 0 Å². The maximum Gasteiger partial charge on any atom is 0.338 e. The Kier molecular flexibility index (Phi) is 3.74. The Bertz CT molecular complexity index is 428. The van der Waals surface area contributed by atoms with Crippen molar-refractivity contribution >= 4 is 5.97 Å². The van der Waals surface area contributed by atoms with Gasteiger partial charge in [-0.1, -0.05) is 26.0 Å². The summed E-state index contributed by atoms with van der Waals surface area (Å²) in [4.78, 5) is 12.2. The van der Waals surface area contributed by atoms with Gasteiger partial charge >= 0.3 is 5.97 Å². The average Bonchev–Trinajstić information content (AvgIpc) is 2.76. The topological polar surface area (TPSA) is 26.3 Å². The van der Waals surface area contributed by atoms with Crippen molar-refractivity contribution in [3.05, 3.63) is 35.4 Å². The molecular formula is C16H22O2. The molecule has 1 aliphatic rings. The quantitative estimate of drug-likeness (QED) is 0.743. The van der Waals surface area contributed by atoms with Crippen LogP contribution in [0.15, 0.2) is 24.3 Å². The van der Waals surface area contributed by atoms with E-state index in [9.17, 15) is 4.79 Å². The predicted octanol–water partition coefficient (Wildman–Crippen LogP) is 4.30. The highest BCUT2D eigenvalue weighted by Gasteiger charge is 2.32. The number of ether oxygens (including phenoxy) is 1. The van der Waals surface area contributed by atoms with Gasteiger partial charge in [0.2, 0.25) is 0 Å². The van der Waals surface area contributed by atoms with Crippen LogP contribution >= 0.6 is 0 Å². The Hall–Kier alpha value is -1.31. The molecule has 0 amide bonds. The summed E-state index contributed by atoms with van der Waals surface area (Å²) in [7, 11) is 0. The summed E-state index contributed by atoms with van der Waals surface area (Å²) < 4.78 is 5.68. The van der Waals surface area contributed by atoms with E-state index >= 15 is 0 Å². The molecule has 0 atom stereocenters. The van der Waals surface area contributed by atoms with Crippen LogP contribution in [0.2, 0.25) is 0 Å². The first-order chi connectivity index (χ1) is 8.50. The van der Waals surface area contributed by atoms with Crippen molar-refractivity contribution in [1.82, 2.24) is 0 Å². The van der Waals surface area contributed by atoms with Gasteiger partial charge in [-0.2, -0.15) is 0 Å². The van der Waals surface area contributed by atoms with Crippen LogP contribution in [0, 0.1) is 0 Å². The van der Waals surface area contributed by atoms with Gasteiger partial charge in [0.1, 0.15) is 5.60 Å². The van der Waals surface area contributed by atoms with Gasteiger partial charge in [-0.3, -0.25) is 0 Å². The summed E-state index contributed by atoms with van der Waals surface area (Å²) in [6.45, 7) is 6.30. The van der Waals surface area contributed by atoms with Crippen LogP contribution in [-0.4, -0.2) is 11.6 Å². The van der Waals surface area contributed by atoms with Crippen molar-refractivity contribution in [1.29, 1.82) is 0 Å². The zero-order valence-corrected chi connectivity index (χ0v) is 11.5. The van der Waals surface area contributed by atoms with Crippen molar-refractivity contribution in [2.24, 2.45) is 0 Å². The largest absolute Gasteiger partial charge is 0.456 e.